The number of halogens is 1. The number of aliphatic carboxylic acids is 1. The first-order valence-corrected chi connectivity index (χ1v) is 11.2. The van der Waals surface area contributed by atoms with Crippen LogP contribution in [0.25, 0.3) is 22.2 Å². The number of nitrogens with zero attached hydrogens (tertiary/aromatic N) is 3. The van der Waals surface area contributed by atoms with Gasteiger partial charge in [0.1, 0.15) is 17.4 Å². The van der Waals surface area contributed by atoms with E-state index < -0.39 is 23.5 Å². The second-order valence-electron chi connectivity index (χ2n) is 9.66. The number of carbonyl (C=O) groups is 1. The zero-order valence-corrected chi connectivity index (χ0v) is 20.2. The van der Waals surface area contributed by atoms with E-state index in [1.54, 1.807) is 45.4 Å². The van der Waals surface area contributed by atoms with Crippen LogP contribution in [0.3, 0.4) is 0 Å². The van der Waals surface area contributed by atoms with Gasteiger partial charge in [-0.25, -0.2) is 14.2 Å². The molecule has 2 aromatic heterocycles. The number of aromatic nitrogens is 2. The van der Waals surface area contributed by atoms with Gasteiger partial charge in [-0.2, -0.15) is 5.26 Å². The maximum atomic E-state index is 15.3. The van der Waals surface area contributed by atoms with Crippen molar-refractivity contribution < 1.29 is 23.8 Å². The summed E-state index contributed by atoms with van der Waals surface area (Å²) in [5, 5.41) is 20.4. The Balaban J connectivity index is 2.16. The van der Waals surface area contributed by atoms with Crippen molar-refractivity contribution in [3.63, 3.8) is 0 Å². The normalized spacial score (nSPS) is 14.4. The van der Waals surface area contributed by atoms with Gasteiger partial charge in [-0.15, -0.1) is 0 Å². The predicted octanol–water partition coefficient (Wildman–Crippen LogP) is 5.13. The summed E-state index contributed by atoms with van der Waals surface area (Å²) in [6.45, 7) is 9.40. The molecule has 0 saturated carbocycles. The van der Waals surface area contributed by atoms with Crippen molar-refractivity contribution in [2.75, 3.05) is 6.61 Å². The number of carboxylic acids is 1. The Kier molecular flexibility index (Phi) is 5.86. The Bertz CT molecular complexity index is 1360. The summed E-state index contributed by atoms with van der Waals surface area (Å²) in [7, 11) is 1.73. The number of fused-ring (bicyclic) bond motifs is 2. The molecule has 8 heteroatoms. The van der Waals surface area contributed by atoms with Gasteiger partial charge < -0.3 is 19.1 Å². The Labute approximate surface area is 197 Å². The van der Waals surface area contributed by atoms with Crippen molar-refractivity contribution in [1.82, 2.24) is 9.55 Å². The first kappa shape index (κ1) is 23.7. The zero-order valence-electron chi connectivity index (χ0n) is 20.2. The van der Waals surface area contributed by atoms with Crippen LogP contribution in [0.4, 0.5) is 4.39 Å². The number of carboxylic acid groups (broad SMARTS) is 1. The van der Waals surface area contributed by atoms with E-state index in [-0.39, 0.29) is 5.75 Å². The molecule has 4 rings (SSSR count). The SMILES string of the molecule is Cc1nc2c(cc(C#N)n2C)c(-c2cc(F)c3c(c2C)CCCO3)c1C(OC(C)(C)C)C(=O)O. The molecule has 1 aromatic carbocycles. The van der Waals surface area contributed by atoms with Gasteiger partial charge in [0.05, 0.1) is 12.2 Å². The molecule has 0 aliphatic carbocycles. The molecule has 0 bridgehead atoms. The molecule has 0 fully saturated rings. The number of pyridine rings is 1. The van der Waals surface area contributed by atoms with E-state index >= 15 is 4.39 Å². The summed E-state index contributed by atoms with van der Waals surface area (Å²) >= 11 is 0. The molecule has 1 aliphatic rings. The molecule has 3 aromatic rings. The minimum atomic E-state index is -1.34. The second kappa shape index (κ2) is 8.41. The van der Waals surface area contributed by atoms with E-state index in [4.69, 9.17) is 9.47 Å². The fourth-order valence-corrected chi connectivity index (χ4v) is 4.68. The summed E-state index contributed by atoms with van der Waals surface area (Å²) in [4.78, 5) is 17.1. The zero-order chi connectivity index (χ0) is 24.9. The van der Waals surface area contributed by atoms with Crippen molar-refractivity contribution in [3.8, 4) is 22.9 Å². The smallest absolute Gasteiger partial charge is 0.337 e. The highest BCUT2D eigenvalue weighted by Gasteiger charge is 2.34. The number of benzene rings is 1. The van der Waals surface area contributed by atoms with Crippen molar-refractivity contribution in [1.29, 1.82) is 5.26 Å². The van der Waals surface area contributed by atoms with Gasteiger partial charge in [0.15, 0.2) is 17.7 Å². The van der Waals surface area contributed by atoms with Crippen molar-refractivity contribution in [2.24, 2.45) is 7.05 Å². The largest absolute Gasteiger partial charge is 0.490 e. The van der Waals surface area contributed by atoms with Gasteiger partial charge in [0, 0.05) is 34.8 Å². The lowest BCUT2D eigenvalue weighted by Crippen LogP contribution is -2.28. The Morgan fingerprint density at radius 2 is 2.06 bits per heavy atom. The van der Waals surface area contributed by atoms with E-state index in [0.29, 0.717) is 52.1 Å². The predicted molar refractivity (Wildman–Crippen MR) is 125 cm³/mol. The lowest BCUT2D eigenvalue weighted by atomic mass is 9.86. The molecule has 1 N–H and O–H groups in total. The Morgan fingerprint density at radius 1 is 1.35 bits per heavy atom. The summed E-state index contributed by atoms with van der Waals surface area (Å²) in [6.07, 6.45) is 0.0869. The molecule has 0 radical (unpaired) electrons. The fourth-order valence-electron chi connectivity index (χ4n) is 4.68. The summed E-state index contributed by atoms with van der Waals surface area (Å²) in [6, 6.07) is 5.22. The highest BCUT2D eigenvalue weighted by Crippen LogP contribution is 2.44. The minimum Gasteiger partial charge on any atom is -0.490 e. The molecule has 178 valence electrons. The molecular weight excluding hydrogens is 437 g/mol. The van der Waals surface area contributed by atoms with E-state index in [0.717, 1.165) is 17.5 Å². The van der Waals surface area contributed by atoms with E-state index in [1.807, 2.05) is 6.92 Å². The average Bonchev–Trinajstić information content (AvgIpc) is 3.08. The standard InChI is InChI=1S/C26H28FN3O4/c1-13-16-8-7-9-33-22(16)19(27)11-17(13)21-18-10-15(12-28)30(6)24(18)29-14(2)20(21)23(25(31)32)34-26(3,4)5/h10-11,23H,7-9H2,1-6H3,(H,31,32). The quantitative estimate of drug-likeness (QED) is 0.573. The van der Waals surface area contributed by atoms with Crippen LogP contribution >= 0.6 is 0 Å². The van der Waals surface area contributed by atoms with Gasteiger partial charge in [0.2, 0.25) is 0 Å². The van der Waals surface area contributed by atoms with Gasteiger partial charge in [-0.05, 0) is 70.7 Å². The molecule has 0 saturated heterocycles. The van der Waals surface area contributed by atoms with E-state index in [1.165, 1.54) is 6.07 Å². The monoisotopic (exact) mass is 465 g/mol. The highest BCUT2D eigenvalue weighted by atomic mass is 19.1. The first-order chi connectivity index (χ1) is 15.9. The third kappa shape index (κ3) is 3.90. The van der Waals surface area contributed by atoms with Crippen molar-refractivity contribution in [3.05, 3.63) is 46.0 Å². The van der Waals surface area contributed by atoms with Crippen molar-refractivity contribution in [2.45, 2.75) is 59.2 Å². The summed E-state index contributed by atoms with van der Waals surface area (Å²) in [5.41, 5.74) is 3.56. The van der Waals surface area contributed by atoms with Crippen molar-refractivity contribution >= 4 is 17.0 Å². The van der Waals surface area contributed by atoms with Crippen LogP contribution in [0.5, 0.6) is 5.75 Å². The molecule has 0 spiro atoms. The third-order valence-electron chi connectivity index (χ3n) is 6.18. The highest BCUT2D eigenvalue weighted by molar-refractivity contribution is 5.99. The number of rotatable bonds is 4. The van der Waals surface area contributed by atoms with Crippen LogP contribution < -0.4 is 4.74 Å². The lowest BCUT2D eigenvalue weighted by molar-refractivity contribution is -0.160. The van der Waals surface area contributed by atoms with Gasteiger partial charge >= 0.3 is 5.97 Å². The van der Waals surface area contributed by atoms with Gasteiger partial charge in [-0.1, -0.05) is 0 Å². The summed E-state index contributed by atoms with van der Waals surface area (Å²) in [5.74, 6) is -1.41. The maximum Gasteiger partial charge on any atom is 0.337 e. The fraction of sp³-hybridized carbons (Fsp3) is 0.423. The average molecular weight is 466 g/mol. The molecular formula is C26H28FN3O4. The molecule has 1 atom stereocenters. The van der Waals surface area contributed by atoms with Crippen LogP contribution in [0, 0.1) is 31.0 Å². The molecule has 1 aliphatic heterocycles. The molecule has 34 heavy (non-hydrogen) atoms. The number of hydrogen-bond donors (Lipinski definition) is 1. The van der Waals surface area contributed by atoms with E-state index in [9.17, 15) is 15.2 Å². The number of ether oxygens (including phenoxy) is 2. The van der Waals surface area contributed by atoms with Crippen LogP contribution in [0.2, 0.25) is 0 Å². The molecule has 0 amide bonds. The Morgan fingerprint density at radius 3 is 2.68 bits per heavy atom. The van der Waals surface area contributed by atoms with Crippen LogP contribution in [0.15, 0.2) is 12.1 Å². The van der Waals surface area contributed by atoms with Gasteiger partial charge in [-0.3, -0.25) is 0 Å². The van der Waals surface area contributed by atoms with Crippen LogP contribution in [0.1, 0.15) is 61.4 Å². The number of aryl methyl sites for hydroxylation is 2. The van der Waals surface area contributed by atoms with E-state index in [2.05, 4.69) is 11.1 Å². The Hall–Kier alpha value is -3.44. The van der Waals surface area contributed by atoms with Crippen LogP contribution in [-0.4, -0.2) is 32.8 Å². The minimum absolute atomic E-state index is 0.252. The topological polar surface area (TPSA) is 97.4 Å². The van der Waals surface area contributed by atoms with Crippen LogP contribution in [-0.2, 0) is 23.0 Å². The molecule has 3 heterocycles. The molecule has 1 unspecified atom stereocenters. The van der Waals surface area contributed by atoms with Gasteiger partial charge in [0.25, 0.3) is 0 Å². The lowest BCUT2D eigenvalue weighted by Gasteiger charge is -2.29. The first-order valence-electron chi connectivity index (χ1n) is 11.2. The summed E-state index contributed by atoms with van der Waals surface area (Å²) < 4.78 is 28.5. The molecule has 7 nitrogen and oxygen atoms in total. The number of nitriles is 1. The number of hydrogen-bond acceptors (Lipinski definition) is 5. The second-order valence-corrected chi connectivity index (χ2v) is 9.66. The maximum absolute atomic E-state index is 15.3. The third-order valence-corrected chi connectivity index (χ3v) is 6.18.